The van der Waals surface area contributed by atoms with E-state index in [0.29, 0.717) is 34.2 Å². The van der Waals surface area contributed by atoms with E-state index in [1.165, 1.54) is 17.3 Å². The van der Waals surface area contributed by atoms with Gasteiger partial charge in [0.2, 0.25) is 5.91 Å². The maximum Gasteiger partial charge on any atom is 0.225 e. The average Bonchev–Trinajstić information content (AvgIpc) is 2.86. The number of carbonyl (C=O) groups excluding carboxylic acids is 1. The number of aryl methyl sites for hydroxylation is 1. The number of aromatic nitrogens is 1. The summed E-state index contributed by atoms with van der Waals surface area (Å²) >= 11 is 1.41. The van der Waals surface area contributed by atoms with E-state index in [2.05, 4.69) is 16.4 Å². The molecule has 0 aliphatic rings. The van der Waals surface area contributed by atoms with Crippen LogP contribution < -0.4 is 10.1 Å². The standard InChI is InChI=1S/C28H23N3O2S/c1-20-7-9-21(10-8-20)26-16-11-22(19-29)28(31-26)34-18-17-27(32)30-23-12-14-25(15-13-23)33-24-5-3-2-4-6-24/h2-16H,17-18H2,1H3,(H,30,32). The highest BCUT2D eigenvalue weighted by atomic mass is 32.2. The number of para-hydroxylation sites is 1. The minimum absolute atomic E-state index is 0.0996. The lowest BCUT2D eigenvalue weighted by Crippen LogP contribution is -2.12. The smallest absolute Gasteiger partial charge is 0.225 e. The summed E-state index contributed by atoms with van der Waals surface area (Å²) in [5.74, 6) is 1.87. The van der Waals surface area contributed by atoms with Crippen molar-refractivity contribution in [1.82, 2.24) is 4.98 Å². The van der Waals surface area contributed by atoms with Gasteiger partial charge in [-0.05, 0) is 55.5 Å². The summed E-state index contributed by atoms with van der Waals surface area (Å²) in [5, 5.41) is 13.0. The summed E-state index contributed by atoms with van der Waals surface area (Å²) < 4.78 is 5.77. The van der Waals surface area contributed by atoms with Crippen LogP contribution >= 0.6 is 11.8 Å². The third-order valence-electron chi connectivity index (χ3n) is 5.01. The molecule has 0 saturated heterocycles. The first-order valence-corrected chi connectivity index (χ1v) is 11.8. The largest absolute Gasteiger partial charge is 0.457 e. The Bertz CT molecular complexity index is 1300. The Hall–Kier alpha value is -4.08. The van der Waals surface area contributed by atoms with E-state index in [-0.39, 0.29) is 5.91 Å². The van der Waals surface area contributed by atoms with Crippen molar-refractivity contribution in [2.75, 3.05) is 11.1 Å². The maximum atomic E-state index is 12.4. The highest BCUT2D eigenvalue weighted by molar-refractivity contribution is 7.99. The lowest BCUT2D eigenvalue weighted by molar-refractivity contribution is -0.115. The Morgan fingerprint density at radius 2 is 1.65 bits per heavy atom. The molecule has 0 radical (unpaired) electrons. The molecular formula is C28H23N3O2S. The molecule has 0 atom stereocenters. The second-order valence-electron chi connectivity index (χ2n) is 7.61. The predicted octanol–water partition coefficient (Wildman–Crippen LogP) is 6.84. The zero-order chi connectivity index (χ0) is 23.8. The van der Waals surface area contributed by atoms with Gasteiger partial charge in [-0.1, -0.05) is 48.0 Å². The van der Waals surface area contributed by atoms with Gasteiger partial charge in [0.25, 0.3) is 0 Å². The first-order chi connectivity index (χ1) is 16.6. The Labute approximate surface area is 203 Å². The summed E-state index contributed by atoms with van der Waals surface area (Å²) in [5.41, 5.74) is 4.19. The van der Waals surface area contributed by atoms with Gasteiger partial charge in [-0.25, -0.2) is 4.98 Å². The molecule has 1 aromatic heterocycles. The molecule has 0 bridgehead atoms. The molecule has 3 aromatic carbocycles. The van der Waals surface area contributed by atoms with Crippen LogP contribution in [0.5, 0.6) is 11.5 Å². The molecule has 0 fully saturated rings. The summed E-state index contributed by atoms with van der Waals surface area (Å²) in [6.45, 7) is 2.04. The SMILES string of the molecule is Cc1ccc(-c2ccc(C#N)c(SCCC(=O)Nc3ccc(Oc4ccccc4)cc3)n2)cc1. The highest BCUT2D eigenvalue weighted by Gasteiger charge is 2.10. The fourth-order valence-electron chi connectivity index (χ4n) is 3.22. The van der Waals surface area contributed by atoms with E-state index in [9.17, 15) is 10.1 Å². The Kier molecular flexibility index (Phi) is 7.59. The van der Waals surface area contributed by atoms with E-state index in [4.69, 9.17) is 4.74 Å². The molecule has 4 aromatic rings. The normalized spacial score (nSPS) is 10.4. The molecule has 1 N–H and O–H groups in total. The zero-order valence-electron chi connectivity index (χ0n) is 18.7. The van der Waals surface area contributed by atoms with Gasteiger partial charge < -0.3 is 10.1 Å². The number of carbonyl (C=O) groups is 1. The summed E-state index contributed by atoms with van der Waals surface area (Å²) in [7, 11) is 0. The van der Waals surface area contributed by atoms with E-state index < -0.39 is 0 Å². The second kappa shape index (κ2) is 11.2. The van der Waals surface area contributed by atoms with Gasteiger partial charge in [-0.3, -0.25) is 4.79 Å². The van der Waals surface area contributed by atoms with E-state index in [0.717, 1.165) is 17.0 Å². The number of amides is 1. The van der Waals surface area contributed by atoms with E-state index in [1.807, 2.05) is 91.9 Å². The molecule has 1 amide bonds. The molecule has 0 unspecified atom stereocenters. The van der Waals surface area contributed by atoms with Crippen LogP contribution in [0.2, 0.25) is 0 Å². The molecular weight excluding hydrogens is 442 g/mol. The molecule has 4 rings (SSSR count). The molecule has 0 aliphatic carbocycles. The number of anilines is 1. The lowest BCUT2D eigenvalue weighted by atomic mass is 10.1. The summed E-state index contributed by atoms with van der Waals surface area (Å²) in [6.07, 6.45) is 0.300. The van der Waals surface area contributed by atoms with E-state index in [1.54, 1.807) is 6.07 Å². The predicted molar refractivity (Wildman–Crippen MR) is 136 cm³/mol. The number of pyridine rings is 1. The molecule has 5 nitrogen and oxygen atoms in total. The van der Waals surface area contributed by atoms with Gasteiger partial charge in [0.1, 0.15) is 22.6 Å². The fourth-order valence-corrected chi connectivity index (χ4v) is 4.13. The quantitative estimate of drug-likeness (QED) is 0.288. The van der Waals surface area contributed by atoms with Gasteiger partial charge in [0, 0.05) is 23.4 Å². The van der Waals surface area contributed by atoms with Crippen LogP contribution in [0.1, 0.15) is 17.5 Å². The summed E-state index contributed by atoms with van der Waals surface area (Å²) in [6, 6.07) is 30.7. The van der Waals surface area contributed by atoms with Gasteiger partial charge in [0.15, 0.2) is 0 Å². The highest BCUT2D eigenvalue weighted by Crippen LogP contribution is 2.26. The number of nitrogens with zero attached hydrogens (tertiary/aromatic N) is 2. The Morgan fingerprint density at radius 3 is 2.35 bits per heavy atom. The number of hydrogen-bond acceptors (Lipinski definition) is 5. The monoisotopic (exact) mass is 465 g/mol. The third kappa shape index (κ3) is 6.25. The molecule has 1 heterocycles. The molecule has 168 valence electrons. The molecule has 34 heavy (non-hydrogen) atoms. The molecule has 6 heteroatoms. The van der Waals surface area contributed by atoms with Crippen molar-refractivity contribution in [1.29, 1.82) is 5.26 Å². The Balaban J connectivity index is 1.31. The van der Waals surface area contributed by atoms with Crippen LogP contribution in [0.4, 0.5) is 5.69 Å². The van der Waals surface area contributed by atoms with Crippen molar-refractivity contribution >= 4 is 23.4 Å². The number of hydrogen-bond donors (Lipinski definition) is 1. The average molecular weight is 466 g/mol. The number of thioether (sulfide) groups is 1. The third-order valence-corrected chi connectivity index (χ3v) is 6.01. The first-order valence-electron chi connectivity index (χ1n) is 10.8. The van der Waals surface area contributed by atoms with Crippen LogP contribution in [0.15, 0.2) is 96.0 Å². The number of benzene rings is 3. The zero-order valence-corrected chi connectivity index (χ0v) is 19.5. The van der Waals surface area contributed by atoms with Crippen LogP contribution in [-0.4, -0.2) is 16.6 Å². The van der Waals surface area contributed by atoms with Crippen LogP contribution in [0.25, 0.3) is 11.3 Å². The van der Waals surface area contributed by atoms with Gasteiger partial charge >= 0.3 is 0 Å². The number of nitriles is 1. The first kappa shape index (κ1) is 23.1. The van der Waals surface area contributed by atoms with Gasteiger partial charge in [0.05, 0.1) is 11.3 Å². The molecule has 0 saturated carbocycles. The number of ether oxygens (including phenoxy) is 1. The van der Waals surface area contributed by atoms with E-state index >= 15 is 0 Å². The Morgan fingerprint density at radius 1 is 0.941 bits per heavy atom. The van der Waals surface area contributed by atoms with Crippen LogP contribution in [-0.2, 0) is 4.79 Å². The summed E-state index contributed by atoms with van der Waals surface area (Å²) in [4.78, 5) is 17.1. The topological polar surface area (TPSA) is 75.0 Å². The van der Waals surface area contributed by atoms with Crippen molar-refractivity contribution in [2.24, 2.45) is 0 Å². The van der Waals surface area contributed by atoms with Crippen molar-refractivity contribution in [3.05, 3.63) is 102 Å². The lowest BCUT2D eigenvalue weighted by Gasteiger charge is -2.09. The number of nitrogens with one attached hydrogen (secondary N) is 1. The van der Waals surface area contributed by atoms with Crippen LogP contribution in [0.3, 0.4) is 0 Å². The number of rotatable bonds is 8. The van der Waals surface area contributed by atoms with Crippen molar-refractivity contribution in [3.63, 3.8) is 0 Å². The second-order valence-corrected chi connectivity index (χ2v) is 8.70. The van der Waals surface area contributed by atoms with Gasteiger partial charge in [-0.15, -0.1) is 11.8 Å². The molecule has 0 spiro atoms. The van der Waals surface area contributed by atoms with Gasteiger partial charge in [-0.2, -0.15) is 5.26 Å². The van der Waals surface area contributed by atoms with Crippen molar-refractivity contribution < 1.29 is 9.53 Å². The minimum atomic E-state index is -0.0996. The van der Waals surface area contributed by atoms with Crippen LogP contribution in [0, 0.1) is 18.3 Å². The maximum absolute atomic E-state index is 12.4. The molecule has 0 aliphatic heterocycles. The minimum Gasteiger partial charge on any atom is -0.457 e. The van der Waals surface area contributed by atoms with Crippen molar-refractivity contribution in [2.45, 2.75) is 18.4 Å². The fraction of sp³-hybridized carbons (Fsp3) is 0.107. The van der Waals surface area contributed by atoms with Crippen molar-refractivity contribution in [3.8, 4) is 28.8 Å².